The van der Waals surface area contributed by atoms with Gasteiger partial charge in [0.2, 0.25) is 0 Å². The van der Waals surface area contributed by atoms with E-state index in [1.165, 1.54) is 0 Å². The summed E-state index contributed by atoms with van der Waals surface area (Å²) in [7, 11) is 3.15. The maximum absolute atomic E-state index is 12.9. The number of rotatable bonds is 7. The van der Waals surface area contributed by atoms with Crippen LogP contribution in [-0.2, 0) is 0 Å². The van der Waals surface area contributed by atoms with E-state index in [0.717, 1.165) is 5.56 Å². The van der Waals surface area contributed by atoms with Gasteiger partial charge in [0.25, 0.3) is 11.8 Å². The molecule has 0 atom stereocenters. The van der Waals surface area contributed by atoms with Crippen molar-refractivity contribution in [3.8, 4) is 22.8 Å². The van der Waals surface area contributed by atoms with Gasteiger partial charge in [0.05, 0.1) is 31.2 Å². The number of hydrogen-bond donors (Lipinski definition) is 3. The highest BCUT2D eigenvalue weighted by Gasteiger charge is 2.16. The van der Waals surface area contributed by atoms with Crippen LogP contribution < -0.4 is 20.1 Å². The minimum absolute atomic E-state index is 0.307. The zero-order valence-corrected chi connectivity index (χ0v) is 18.1. The van der Waals surface area contributed by atoms with Crippen molar-refractivity contribution in [3.05, 3.63) is 90.0 Å². The van der Waals surface area contributed by atoms with E-state index in [9.17, 15) is 9.59 Å². The molecule has 0 saturated carbocycles. The molecule has 0 unspecified atom stereocenters. The third-order valence-electron chi connectivity index (χ3n) is 4.99. The molecule has 3 aromatic carbocycles. The van der Waals surface area contributed by atoms with E-state index in [-0.39, 0.29) is 5.91 Å². The van der Waals surface area contributed by atoms with E-state index in [0.29, 0.717) is 39.8 Å². The number of carbonyl (C=O) groups is 2. The molecule has 1 heterocycles. The summed E-state index contributed by atoms with van der Waals surface area (Å²) in [6, 6.07) is 22.7. The lowest BCUT2D eigenvalue weighted by molar-refractivity contribution is 0.102. The predicted molar refractivity (Wildman–Crippen MR) is 126 cm³/mol. The van der Waals surface area contributed by atoms with Crippen LogP contribution in [0.2, 0.25) is 0 Å². The van der Waals surface area contributed by atoms with Crippen molar-refractivity contribution in [2.24, 2.45) is 0 Å². The van der Waals surface area contributed by atoms with Crippen LogP contribution in [0.25, 0.3) is 11.3 Å². The first-order valence-electron chi connectivity index (χ1n) is 10.1. The Morgan fingerprint density at radius 2 is 1.55 bits per heavy atom. The molecular weight excluding hydrogens is 420 g/mol. The van der Waals surface area contributed by atoms with Crippen molar-refractivity contribution in [2.75, 3.05) is 24.9 Å². The Labute approximate surface area is 190 Å². The number of aromatic nitrogens is 2. The molecule has 0 bridgehead atoms. The highest BCUT2D eigenvalue weighted by Crippen LogP contribution is 2.29. The first kappa shape index (κ1) is 21.6. The van der Waals surface area contributed by atoms with E-state index in [2.05, 4.69) is 20.8 Å². The van der Waals surface area contributed by atoms with Gasteiger partial charge in [-0.05, 0) is 48.5 Å². The molecule has 1 aromatic heterocycles. The van der Waals surface area contributed by atoms with Gasteiger partial charge < -0.3 is 20.1 Å². The number of carbonyl (C=O) groups excluding carboxylic acids is 2. The van der Waals surface area contributed by atoms with E-state index in [4.69, 9.17) is 9.47 Å². The third kappa shape index (κ3) is 4.85. The van der Waals surface area contributed by atoms with Crippen LogP contribution in [0, 0.1) is 0 Å². The van der Waals surface area contributed by atoms with Gasteiger partial charge in [0, 0.05) is 17.2 Å². The van der Waals surface area contributed by atoms with Crippen LogP contribution in [0.3, 0.4) is 0 Å². The van der Waals surface area contributed by atoms with Gasteiger partial charge >= 0.3 is 0 Å². The second-order valence-electron chi connectivity index (χ2n) is 7.05. The van der Waals surface area contributed by atoms with Crippen LogP contribution in [0.4, 0.5) is 11.5 Å². The third-order valence-corrected chi connectivity index (χ3v) is 4.99. The predicted octanol–water partition coefficient (Wildman–Crippen LogP) is 4.60. The Bertz CT molecular complexity index is 1280. The van der Waals surface area contributed by atoms with Crippen molar-refractivity contribution in [2.45, 2.75) is 0 Å². The first-order valence-corrected chi connectivity index (χ1v) is 10.1. The topological polar surface area (TPSA) is 105 Å². The van der Waals surface area contributed by atoms with E-state index in [1.54, 1.807) is 68.8 Å². The highest BCUT2D eigenvalue weighted by molar-refractivity contribution is 6.12. The number of anilines is 2. The number of para-hydroxylation sites is 2. The number of amides is 2. The SMILES string of the molecule is COc1ccc(C(=O)Nc2ccccc2C(=O)Nc2cc(-c3ccccc3OC)[nH]n2)cc1. The van der Waals surface area contributed by atoms with Gasteiger partial charge in [-0.3, -0.25) is 14.7 Å². The molecule has 8 heteroatoms. The molecule has 166 valence electrons. The standard InChI is InChI=1S/C25H22N4O4/c1-32-17-13-11-16(12-14-17)24(30)26-20-9-5-3-8-19(20)25(31)27-23-15-21(28-29-23)18-7-4-6-10-22(18)33-2/h3-15H,1-2H3,(H,26,30)(H2,27,28,29,31). The fourth-order valence-corrected chi connectivity index (χ4v) is 3.30. The van der Waals surface area contributed by atoms with Crippen molar-refractivity contribution < 1.29 is 19.1 Å². The largest absolute Gasteiger partial charge is 0.497 e. The minimum Gasteiger partial charge on any atom is -0.497 e. The summed E-state index contributed by atoms with van der Waals surface area (Å²) in [5, 5.41) is 12.6. The molecular formula is C25H22N4O4. The molecule has 0 aliphatic carbocycles. The van der Waals surface area contributed by atoms with Gasteiger partial charge in [-0.15, -0.1) is 0 Å². The van der Waals surface area contributed by atoms with Crippen molar-refractivity contribution in [1.29, 1.82) is 0 Å². The number of ether oxygens (including phenoxy) is 2. The fraction of sp³-hybridized carbons (Fsp3) is 0.0800. The van der Waals surface area contributed by atoms with Crippen molar-refractivity contribution >= 4 is 23.3 Å². The molecule has 4 rings (SSSR count). The second kappa shape index (κ2) is 9.69. The summed E-state index contributed by atoms with van der Waals surface area (Å²) in [6.07, 6.45) is 0. The molecule has 0 aliphatic heterocycles. The number of hydrogen-bond acceptors (Lipinski definition) is 5. The average Bonchev–Trinajstić information content (AvgIpc) is 3.32. The van der Waals surface area contributed by atoms with Crippen LogP contribution >= 0.6 is 0 Å². The summed E-state index contributed by atoms with van der Waals surface area (Å²) in [4.78, 5) is 25.6. The lowest BCUT2D eigenvalue weighted by Gasteiger charge is -2.11. The number of methoxy groups -OCH3 is 2. The summed E-state index contributed by atoms with van der Waals surface area (Å²) in [6.45, 7) is 0. The molecule has 8 nitrogen and oxygen atoms in total. The molecule has 0 aliphatic rings. The number of H-pyrrole nitrogens is 1. The lowest BCUT2D eigenvalue weighted by Crippen LogP contribution is -2.18. The lowest BCUT2D eigenvalue weighted by atomic mass is 10.1. The van der Waals surface area contributed by atoms with Gasteiger partial charge in [-0.2, -0.15) is 5.10 Å². The summed E-state index contributed by atoms with van der Waals surface area (Å²) >= 11 is 0. The fourth-order valence-electron chi connectivity index (χ4n) is 3.30. The Balaban J connectivity index is 1.50. The molecule has 0 spiro atoms. The van der Waals surface area contributed by atoms with Gasteiger partial charge in [-0.1, -0.05) is 24.3 Å². The zero-order chi connectivity index (χ0) is 23.2. The normalized spacial score (nSPS) is 10.4. The zero-order valence-electron chi connectivity index (χ0n) is 18.1. The van der Waals surface area contributed by atoms with Gasteiger partial charge in [-0.25, -0.2) is 0 Å². The van der Waals surface area contributed by atoms with Gasteiger partial charge in [0.15, 0.2) is 5.82 Å². The summed E-state index contributed by atoms with van der Waals surface area (Å²) in [5.41, 5.74) is 2.65. The quantitative estimate of drug-likeness (QED) is 0.388. The smallest absolute Gasteiger partial charge is 0.258 e. The van der Waals surface area contributed by atoms with Gasteiger partial charge in [0.1, 0.15) is 11.5 Å². The maximum atomic E-state index is 12.9. The average molecular weight is 442 g/mol. The van der Waals surface area contributed by atoms with Crippen LogP contribution in [0.5, 0.6) is 11.5 Å². The molecule has 0 radical (unpaired) electrons. The summed E-state index contributed by atoms with van der Waals surface area (Å²) < 4.78 is 10.5. The Hall–Kier alpha value is -4.59. The van der Waals surface area contributed by atoms with Crippen LogP contribution in [0.1, 0.15) is 20.7 Å². The first-order chi connectivity index (χ1) is 16.1. The van der Waals surface area contributed by atoms with E-state index in [1.807, 2.05) is 24.3 Å². The minimum atomic E-state index is -0.404. The number of aromatic amines is 1. The molecule has 33 heavy (non-hydrogen) atoms. The van der Waals surface area contributed by atoms with Crippen LogP contribution in [0.15, 0.2) is 78.9 Å². The number of nitrogens with one attached hydrogen (secondary N) is 3. The molecule has 0 saturated heterocycles. The Morgan fingerprint density at radius 3 is 2.30 bits per heavy atom. The van der Waals surface area contributed by atoms with Crippen LogP contribution in [-0.4, -0.2) is 36.2 Å². The van der Waals surface area contributed by atoms with Crippen molar-refractivity contribution in [1.82, 2.24) is 10.2 Å². The molecule has 0 fully saturated rings. The monoisotopic (exact) mass is 442 g/mol. The number of benzene rings is 3. The van der Waals surface area contributed by atoms with E-state index >= 15 is 0 Å². The summed E-state index contributed by atoms with van der Waals surface area (Å²) in [5.74, 6) is 0.940. The Morgan fingerprint density at radius 1 is 0.818 bits per heavy atom. The Kier molecular flexibility index (Phi) is 6.36. The van der Waals surface area contributed by atoms with Crippen molar-refractivity contribution in [3.63, 3.8) is 0 Å². The maximum Gasteiger partial charge on any atom is 0.258 e. The molecule has 4 aromatic rings. The highest BCUT2D eigenvalue weighted by atomic mass is 16.5. The molecule has 2 amide bonds. The second-order valence-corrected chi connectivity index (χ2v) is 7.05. The molecule has 3 N–H and O–H groups in total. The number of nitrogens with zero attached hydrogens (tertiary/aromatic N) is 1. The van der Waals surface area contributed by atoms with E-state index < -0.39 is 5.91 Å².